The summed E-state index contributed by atoms with van der Waals surface area (Å²) >= 11 is 0. The molecular formula is C42H83O7P. The van der Waals surface area contributed by atoms with Crippen LogP contribution in [0, 0.1) is 0 Å². The van der Waals surface area contributed by atoms with Crippen molar-refractivity contribution in [1.82, 2.24) is 0 Å². The molecule has 0 saturated heterocycles. The van der Waals surface area contributed by atoms with Gasteiger partial charge in [-0.2, -0.15) is 0 Å². The predicted octanol–water partition coefficient (Wildman–Crippen LogP) is 13.8. The maximum Gasteiger partial charge on any atom is 0.469 e. The number of rotatable bonds is 41. The lowest BCUT2D eigenvalue weighted by atomic mass is 10.0. The van der Waals surface area contributed by atoms with Crippen molar-refractivity contribution < 1.29 is 33.1 Å². The number of ether oxygens (including phenoxy) is 2. The fourth-order valence-electron chi connectivity index (χ4n) is 6.47. The summed E-state index contributed by atoms with van der Waals surface area (Å²) in [5.41, 5.74) is 0. The van der Waals surface area contributed by atoms with Crippen molar-refractivity contribution in [2.45, 2.75) is 238 Å². The molecule has 0 aliphatic heterocycles. The second-order valence-corrected chi connectivity index (χ2v) is 16.0. The average Bonchev–Trinajstić information content (AvgIpc) is 3.09. The summed E-state index contributed by atoms with van der Waals surface area (Å²) in [5.74, 6) is -0.379. The fraction of sp³-hybridized carbons (Fsp3) is 0.929. The van der Waals surface area contributed by atoms with Crippen molar-refractivity contribution in [3.63, 3.8) is 0 Å². The second-order valence-electron chi connectivity index (χ2n) is 14.7. The van der Waals surface area contributed by atoms with Crippen molar-refractivity contribution >= 4 is 13.8 Å². The van der Waals surface area contributed by atoms with Crippen molar-refractivity contribution in [1.29, 1.82) is 0 Å². The van der Waals surface area contributed by atoms with Gasteiger partial charge < -0.3 is 19.3 Å². The van der Waals surface area contributed by atoms with Crippen LogP contribution in [-0.4, -0.2) is 35.1 Å². The molecule has 0 spiro atoms. The number of carbonyl (C=O) groups excluding carboxylic acids is 1. The summed E-state index contributed by atoms with van der Waals surface area (Å²) in [6, 6.07) is 0. The summed E-state index contributed by atoms with van der Waals surface area (Å²) in [5, 5.41) is 0. The van der Waals surface area contributed by atoms with E-state index in [1.807, 2.05) is 6.08 Å². The number of unbranched alkanes of at least 4 members (excludes halogenated alkanes) is 31. The Bertz CT molecular complexity index is 769. The third-order valence-electron chi connectivity index (χ3n) is 9.66. The predicted molar refractivity (Wildman–Crippen MR) is 211 cm³/mol. The van der Waals surface area contributed by atoms with Gasteiger partial charge in [0, 0.05) is 6.42 Å². The molecule has 0 heterocycles. The Kier molecular flexibility index (Phi) is 38.6. The molecule has 0 aliphatic rings. The summed E-state index contributed by atoms with van der Waals surface area (Å²) in [7, 11) is -4.66. The van der Waals surface area contributed by atoms with Crippen LogP contribution in [0.15, 0.2) is 12.3 Å². The van der Waals surface area contributed by atoms with Gasteiger partial charge in [0.1, 0.15) is 6.61 Å². The highest BCUT2D eigenvalue weighted by molar-refractivity contribution is 7.46. The summed E-state index contributed by atoms with van der Waals surface area (Å²) in [6.45, 7) is 4.14. The molecule has 0 aliphatic carbocycles. The highest BCUT2D eigenvalue weighted by atomic mass is 31.2. The van der Waals surface area contributed by atoms with Gasteiger partial charge in [0.15, 0.2) is 6.10 Å². The molecule has 0 saturated carbocycles. The van der Waals surface area contributed by atoms with Crippen LogP contribution in [0.4, 0.5) is 0 Å². The van der Waals surface area contributed by atoms with Gasteiger partial charge in [0.05, 0.1) is 12.9 Å². The minimum Gasteiger partial charge on any atom is -0.498 e. The van der Waals surface area contributed by atoms with E-state index < -0.39 is 20.5 Å². The quantitative estimate of drug-likeness (QED) is 0.0279. The molecule has 1 atom stereocenters. The first-order valence-electron chi connectivity index (χ1n) is 21.5. The lowest BCUT2D eigenvalue weighted by Crippen LogP contribution is -2.27. The Balaban J connectivity index is 3.78. The van der Waals surface area contributed by atoms with E-state index in [2.05, 4.69) is 18.4 Å². The molecule has 0 amide bonds. The van der Waals surface area contributed by atoms with Gasteiger partial charge in [-0.3, -0.25) is 9.32 Å². The lowest BCUT2D eigenvalue weighted by Gasteiger charge is -2.18. The second kappa shape index (κ2) is 39.3. The van der Waals surface area contributed by atoms with Crippen LogP contribution in [-0.2, 0) is 23.4 Å². The Morgan fingerprint density at radius 1 is 0.520 bits per heavy atom. The van der Waals surface area contributed by atoms with Gasteiger partial charge in [-0.15, -0.1) is 0 Å². The van der Waals surface area contributed by atoms with E-state index >= 15 is 0 Å². The maximum absolute atomic E-state index is 12.4. The van der Waals surface area contributed by atoms with E-state index in [1.165, 1.54) is 180 Å². The molecule has 2 N–H and O–H groups in total. The van der Waals surface area contributed by atoms with E-state index in [9.17, 15) is 9.36 Å². The standard InChI is InChI=1S/C42H83O7P/c1-3-5-7-9-11-13-15-17-19-21-22-24-26-28-30-32-34-36-38-47-39-41(40-48-50(44,45)46)49-42(43)37-35-33-31-29-27-25-23-20-18-16-14-12-10-8-6-4-2/h36,38,41H,3-35,37,39-40H2,1-2H3,(H2,44,45,46)/b38-36-/t41-/m1/s1. The van der Waals surface area contributed by atoms with Gasteiger partial charge in [0.25, 0.3) is 0 Å². The third kappa shape index (κ3) is 41.5. The molecular weight excluding hydrogens is 647 g/mol. The lowest BCUT2D eigenvalue weighted by molar-refractivity contribution is -0.153. The van der Waals surface area contributed by atoms with E-state index in [-0.39, 0.29) is 12.6 Å². The van der Waals surface area contributed by atoms with E-state index in [1.54, 1.807) is 6.26 Å². The molecule has 0 aromatic rings. The maximum atomic E-state index is 12.4. The molecule has 0 rings (SSSR count). The van der Waals surface area contributed by atoms with Crippen LogP contribution in [0.3, 0.4) is 0 Å². The number of esters is 1. The van der Waals surface area contributed by atoms with Crippen molar-refractivity contribution in [3.8, 4) is 0 Å². The Hall–Kier alpha value is -0.880. The molecule has 8 heteroatoms. The Morgan fingerprint density at radius 2 is 0.860 bits per heavy atom. The summed E-state index contributed by atoms with van der Waals surface area (Å²) in [4.78, 5) is 30.6. The third-order valence-corrected chi connectivity index (χ3v) is 10.1. The molecule has 0 fully saturated rings. The van der Waals surface area contributed by atoms with Crippen LogP contribution in [0.1, 0.15) is 232 Å². The molecule has 0 unspecified atom stereocenters. The highest BCUT2D eigenvalue weighted by Gasteiger charge is 2.21. The number of carbonyl (C=O) groups is 1. The molecule has 0 radical (unpaired) electrons. The Labute approximate surface area is 310 Å². The van der Waals surface area contributed by atoms with E-state index in [0.717, 1.165) is 32.1 Å². The molecule has 50 heavy (non-hydrogen) atoms. The number of hydrogen-bond donors (Lipinski definition) is 2. The molecule has 298 valence electrons. The first-order valence-corrected chi connectivity index (χ1v) is 23.1. The van der Waals surface area contributed by atoms with Crippen LogP contribution in [0.25, 0.3) is 0 Å². The molecule has 7 nitrogen and oxygen atoms in total. The molecule has 0 aromatic carbocycles. The van der Waals surface area contributed by atoms with Gasteiger partial charge >= 0.3 is 13.8 Å². The van der Waals surface area contributed by atoms with Crippen molar-refractivity contribution in [3.05, 3.63) is 12.3 Å². The van der Waals surface area contributed by atoms with Gasteiger partial charge in [-0.1, -0.05) is 206 Å². The first-order chi connectivity index (χ1) is 24.4. The number of hydrogen-bond acceptors (Lipinski definition) is 5. The molecule has 0 bridgehead atoms. The van der Waals surface area contributed by atoms with Crippen LogP contribution >= 0.6 is 7.82 Å². The first kappa shape index (κ1) is 49.1. The number of phosphoric ester groups is 1. The van der Waals surface area contributed by atoms with Crippen LogP contribution in [0.5, 0.6) is 0 Å². The number of phosphoric acid groups is 1. The molecule has 0 aromatic heterocycles. The minimum absolute atomic E-state index is 0.000156. The van der Waals surface area contributed by atoms with Gasteiger partial charge in [0.2, 0.25) is 0 Å². The normalized spacial score (nSPS) is 12.6. The number of allylic oxidation sites excluding steroid dienone is 1. The fourth-order valence-corrected chi connectivity index (χ4v) is 6.83. The van der Waals surface area contributed by atoms with Crippen molar-refractivity contribution in [2.24, 2.45) is 0 Å². The van der Waals surface area contributed by atoms with Gasteiger partial charge in [-0.05, 0) is 25.3 Å². The minimum atomic E-state index is -4.66. The zero-order valence-corrected chi connectivity index (χ0v) is 34.0. The van der Waals surface area contributed by atoms with Crippen molar-refractivity contribution in [2.75, 3.05) is 13.2 Å². The largest absolute Gasteiger partial charge is 0.498 e. The van der Waals surface area contributed by atoms with E-state index in [0.29, 0.717) is 6.42 Å². The highest BCUT2D eigenvalue weighted by Crippen LogP contribution is 2.36. The zero-order valence-electron chi connectivity index (χ0n) is 33.1. The topological polar surface area (TPSA) is 102 Å². The van der Waals surface area contributed by atoms with Crippen LogP contribution < -0.4 is 0 Å². The van der Waals surface area contributed by atoms with E-state index in [4.69, 9.17) is 19.3 Å². The average molecular weight is 731 g/mol. The summed E-state index contributed by atoms with van der Waals surface area (Å²) in [6.07, 6.45) is 45.8. The SMILES string of the molecule is CCCCCCCCCCCCCCCCCC/C=C\OC[C@H](COP(=O)(O)O)OC(=O)CCCCCCCCCCCCCCCCCC. The summed E-state index contributed by atoms with van der Waals surface area (Å²) < 4.78 is 26.8. The van der Waals surface area contributed by atoms with Gasteiger partial charge in [-0.25, -0.2) is 4.57 Å². The monoisotopic (exact) mass is 731 g/mol. The zero-order chi connectivity index (χ0) is 36.6. The van der Waals surface area contributed by atoms with Crippen LogP contribution in [0.2, 0.25) is 0 Å². The smallest absolute Gasteiger partial charge is 0.469 e. The Morgan fingerprint density at radius 3 is 1.22 bits per heavy atom.